The van der Waals surface area contributed by atoms with E-state index in [2.05, 4.69) is 6.58 Å². The maximum absolute atomic E-state index is 11.3. The van der Waals surface area contributed by atoms with E-state index in [0.29, 0.717) is 12.8 Å². The molecule has 0 saturated heterocycles. The van der Waals surface area contributed by atoms with Gasteiger partial charge >= 0.3 is 0 Å². The molecule has 0 atom stereocenters. The zero-order valence-electron chi connectivity index (χ0n) is 10.6. The van der Waals surface area contributed by atoms with E-state index >= 15 is 0 Å². The van der Waals surface area contributed by atoms with Crippen LogP contribution in [0.1, 0.15) is 52.4 Å². The molecule has 0 aliphatic carbocycles. The van der Waals surface area contributed by atoms with Crippen LogP contribution in [-0.4, -0.2) is 11.9 Å². The van der Waals surface area contributed by atoms with Gasteiger partial charge in [0.1, 0.15) is 0 Å². The molecule has 4 heteroatoms. The molecule has 0 rings (SSSR count). The number of carbonyl (C=O) groups is 2. The molecule has 0 heterocycles. The number of hydrogen-bond donors (Lipinski definition) is 0. The normalized spacial score (nSPS) is 11.2. The highest BCUT2D eigenvalue weighted by Gasteiger charge is 2.34. The zero-order valence-corrected chi connectivity index (χ0v) is 10.6. The Morgan fingerprint density at radius 3 is 1.71 bits per heavy atom. The van der Waals surface area contributed by atoms with Crippen LogP contribution in [0.3, 0.4) is 0 Å². The molecule has 17 heavy (non-hydrogen) atoms. The standard InChI is InChI=1S/C13H22O4/c1-4-6-8-13(12(16)17,9-7-5-2)10(3)11(14)15/h3-9H2,1-2H3,(H,14,15)(H,16,17)/p-2. The topological polar surface area (TPSA) is 80.3 Å². The van der Waals surface area contributed by atoms with Crippen molar-refractivity contribution in [1.29, 1.82) is 0 Å². The summed E-state index contributed by atoms with van der Waals surface area (Å²) in [6.45, 7) is 7.21. The van der Waals surface area contributed by atoms with Crippen LogP contribution in [0.15, 0.2) is 12.2 Å². The van der Waals surface area contributed by atoms with Gasteiger partial charge in [0.05, 0.1) is 11.9 Å². The molecule has 98 valence electrons. The van der Waals surface area contributed by atoms with Gasteiger partial charge in [0.2, 0.25) is 0 Å². The van der Waals surface area contributed by atoms with Gasteiger partial charge in [0.25, 0.3) is 0 Å². The number of hydrogen-bond acceptors (Lipinski definition) is 4. The Morgan fingerprint density at radius 1 is 1.06 bits per heavy atom. The van der Waals surface area contributed by atoms with Crippen LogP contribution in [-0.2, 0) is 9.59 Å². The minimum Gasteiger partial charge on any atom is -0.549 e. The van der Waals surface area contributed by atoms with Crippen LogP contribution in [0.25, 0.3) is 0 Å². The van der Waals surface area contributed by atoms with E-state index < -0.39 is 17.4 Å². The smallest absolute Gasteiger partial charge is 0.0678 e. The Bertz CT molecular complexity index is 286. The fourth-order valence-corrected chi connectivity index (χ4v) is 1.91. The molecule has 0 aromatic carbocycles. The molecule has 0 unspecified atom stereocenters. The van der Waals surface area contributed by atoms with Gasteiger partial charge in [-0.1, -0.05) is 46.1 Å². The first kappa shape index (κ1) is 15.7. The lowest BCUT2D eigenvalue weighted by Gasteiger charge is -2.37. The molecule has 0 aliphatic heterocycles. The van der Waals surface area contributed by atoms with Crippen molar-refractivity contribution in [1.82, 2.24) is 0 Å². The fraction of sp³-hybridized carbons (Fsp3) is 0.692. The first-order valence-corrected chi connectivity index (χ1v) is 6.04. The fourth-order valence-electron chi connectivity index (χ4n) is 1.91. The van der Waals surface area contributed by atoms with Crippen molar-refractivity contribution in [2.75, 3.05) is 0 Å². The van der Waals surface area contributed by atoms with Crippen molar-refractivity contribution < 1.29 is 19.8 Å². The quantitative estimate of drug-likeness (QED) is 0.547. The van der Waals surface area contributed by atoms with Gasteiger partial charge in [-0.25, -0.2) is 0 Å². The summed E-state index contributed by atoms with van der Waals surface area (Å²) in [5.74, 6) is -2.85. The summed E-state index contributed by atoms with van der Waals surface area (Å²) in [6.07, 6.45) is 3.34. The lowest BCUT2D eigenvalue weighted by atomic mass is 9.73. The number of rotatable bonds is 9. The van der Waals surface area contributed by atoms with Crippen LogP contribution < -0.4 is 10.2 Å². The summed E-state index contributed by atoms with van der Waals surface area (Å²) in [5.41, 5.74) is -1.83. The van der Waals surface area contributed by atoms with Crippen LogP contribution >= 0.6 is 0 Å². The third kappa shape index (κ3) is 3.88. The molecule has 0 N–H and O–H groups in total. The van der Waals surface area contributed by atoms with Crippen molar-refractivity contribution in [3.63, 3.8) is 0 Å². The molecule has 4 nitrogen and oxygen atoms in total. The predicted octanol–water partition coefficient (Wildman–Crippen LogP) is 0.409. The van der Waals surface area contributed by atoms with Crippen LogP contribution in [0.5, 0.6) is 0 Å². The van der Waals surface area contributed by atoms with E-state index in [9.17, 15) is 19.8 Å². The average molecular weight is 240 g/mol. The Morgan fingerprint density at radius 2 is 1.47 bits per heavy atom. The van der Waals surface area contributed by atoms with Crippen molar-refractivity contribution >= 4 is 11.9 Å². The average Bonchev–Trinajstić information content (AvgIpc) is 2.28. The van der Waals surface area contributed by atoms with E-state index in [0.717, 1.165) is 12.8 Å². The summed E-state index contributed by atoms with van der Waals surface area (Å²) in [6, 6.07) is 0. The van der Waals surface area contributed by atoms with Crippen molar-refractivity contribution in [2.24, 2.45) is 5.41 Å². The second kappa shape index (κ2) is 7.09. The molecule has 0 aromatic rings. The highest BCUT2D eigenvalue weighted by atomic mass is 16.4. The first-order valence-electron chi connectivity index (χ1n) is 6.04. The van der Waals surface area contributed by atoms with Crippen LogP contribution in [0.2, 0.25) is 0 Å². The highest BCUT2D eigenvalue weighted by Crippen LogP contribution is 2.37. The molecular weight excluding hydrogens is 220 g/mol. The number of carboxylic acid groups (broad SMARTS) is 2. The summed E-state index contributed by atoms with van der Waals surface area (Å²) < 4.78 is 0. The summed E-state index contributed by atoms with van der Waals surface area (Å²) in [5, 5.41) is 22.2. The maximum Gasteiger partial charge on any atom is 0.0678 e. The third-order valence-corrected chi connectivity index (χ3v) is 3.13. The summed E-state index contributed by atoms with van der Waals surface area (Å²) in [7, 11) is 0. The van der Waals surface area contributed by atoms with E-state index in [1.54, 1.807) is 0 Å². The minimum absolute atomic E-state index is 0.249. The summed E-state index contributed by atoms with van der Waals surface area (Å²) >= 11 is 0. The second-order valence-electron chi connectivity index (χ2n) is 4.34. The molecule has 0 bridgehead atoms. The second-order valence-corrected chi connectivity index (χ2v) is 4.34. The molecule has 0 amide bonds. The lowest BCUT2D eigenvalue weighted by Crippen LogP contribution is -2.47. The molecule has 0 radical (unpaired) electrons. The molecule has 0 saturated carbocycles. The SMILES string of the molecule is C=C(C(=O)[O-])C(CCCC)(CCCC)C(=O)[O-]. The van der Waals surface area contributed by atoms with Gasteiger partial charge in [0.15, 0.2) is 0 Å². The monoisotopic (exact) mass is 240 g/mol. The zero-order chi connectivity index (χ0) is 13.5. The van der Waals surface area contributed by atoms with E-state index in [1.807, 2.05) is 13.8 Å². The number of aliphatic carboxylic acids is 2. The highest BCUT2D eigenvalue weighted by molar-refractivity contribution is 5.94. The van der Waals surface area contributed by atoms with Crippen molar-refractivity contribution in [2.45, 2.75) is 52.4 Å². The Labute approximate surface area is 102 Å². The largest absolute Gasteiger partial charge is 0.549 e. The molecule has 0 aliphatic rings. The maximum atomic E-state index is 11.3. The van der Waals surface area contributed by atoms with Gasteiger partial charge in [-0.3, -0.25) is 0 Å². The van der Waals surface area contributed by atoms with Crippen LogP contribution in [0, 0.1) is 5.41 Å². The van der Waals surface area contributed by atoms with E-state index in [1.165, 1.54) is 0 Å². The van der Waals surface area contributed by atoms with E-state index in [4.69, 9.17) is 0 Å². The van der Waals surface area contributed by atoms with Crippen molar-refractivity contribution in [3.05, 3.63) is 12.2 Å². The Balaban J connectivity index is 5.15. The number of unbranched alkanes of at least 4 members (excludes halogenated alkanes) is 2. The van der Waals surface area contributed by atoms with Crippen molar-refractivity contribution in [3.8, 4) is 0 Å². The van der Waals surface area contributed by atoms with Gasteiger partial charge in [-0.05, 0) is 18.4 Å². The van der Waals surface area contributed by atoms with E-state index in [-0.39, 0.29) is 18.4 Å². The molecule has 0 spiro atoms. The Kier molecular flexibility index (Phi) is 6.54. The minimum atomic E-state index is -1.50. The number of carboxylic acids is 2. The van der Waals surface area contributed by atoms with Crippen LogP contribution in [0.4, 0.5) is 0 Å². The molecular formula is C13H20O4-2. The Hall–Kier alpha value is -1.32. The van der Waals surface area contributed by atoms with Gasteiger partial charge in [-0.15, -0.1) is 0 Å². The molecule has 0 aromatic heterocycles. The predicted molar refractivity (Wildman–Crippen MR) is 60.6 cm³/mol. The summed E-state index contributed by atoms with van der Waals surface area (Å²) in [4.78, 5) is 22.2. The molecule has 0 fully saturated rings. The van der Waals surface area contributed by atoms with Gasteiger partial charge in [0, 0.05) is 5.41 Å². The third-order valence-electron chi connectivity index (χ3n) is 3.13. The van der Waals surface area contributed by atoms with Gasteiger partial charge < -0.3 is 19.8 Å². The lowest BCUT2D eigenvalue weighted by molar-refractivity contribution is -0.322. The van der Waals surface area contributed by atoms with Gasteiger partial charge in [-0.2, -0.15) is 0 Å². The number of carbonyl (C=O) groups excluding carboxylic acids is 2. The first-order chi connectivity index (χ1) is 7.92.